The molecule has 1 N–H and O–H groups in total. The summed E-state index contributed by atoms with van der Waals surface area (Å²) in [6.07, 6.45) is 3.01. The van der Waals surface area contributed by atoms with Crippen molar-refractivity contribution >= 4 is 27.3 Å². The van der Waals surface area contributed by atoms with Crippen LogP contribution in [0.25, 0.3) is 0 Å². The molecule has 1 unspecified atom stereocenters. The first-order valence-electron chi connectivity index (χ1n) is 6.39. The number of halogens is 2. The van der Waals surface area contributed by atoms with Crippen molar-refractivity contribution in [2.45, 2.75) is 25.8 Å². The van der Waals surface area contributed by atoms with Gasteiger partial charge in [0.15, 0.2) is 0 Å². The first-order chi connectivity index (χ1) is 9.97. The summed E-state index contributed by atoms with van der Waals surface area (Å²) in [5, 5.41) is 14.0. The summed E-state index contributed by atoms with van der Waals surface area (Å²) in [6.45, 7) is 1.88. The molecule has 21 heavy (non-hydrogen) atoms. The maximum Gasteiger partial charge on any atom is 0.293 e. The molecule has 1 heterocycles. The minimum Gasteiger partial charge on any atom is -0.469 e. The summed E-state index contributed by atoms with van der Waals surface area (Å²) < 4.78 is 18.9. The lowest BCUT2D eigenvalue weighted by molar-refractivity contribution is -0.384. The Morgan fingerprint density at radius 3 is 2.90 bits per heavy atom. The Kier molecular flexibility index (Phi) is 4.95. The highest BCUT2D eigenvalue weighted by atomic mass is 79.9. The van der Waals surface area contributed by atoms with Gasteiger partial charge in [-0.25, -0.2) is 4.39 Å². The number of nitrogens with one attached hydrogen (secondary N) is 1. The van der Waals surface area contributed by atoms with E-state index in [4.69, 9.17) is 4.42 Å². The molecular weight excluding hydrogens is 343 g/mol. The van der Waals surface area contributed by atoms with Gasteiger partial charge in [-0.15, -0.1) is 0 Å². The zero-order chi connectivity index (χ0) is 15.4. The van der Waals surface area contributed by atoms with Gasteiger partial charge in [-0.05, 0) is 41.4 Å². The first kappa shape index (κ1) is 15.5. The van der Waals surface area contributed by atoms with E-state index < -0.39 is 10.7 Å². The van der Waals surface area contributed by atoms with Crippen LogP contribution in [0.3, 0.4) is 0 Å². The second kappa shape index (κ2) is 6.71. The highest BCUT2D eigenvalue weighted by molar-refractivity contribution is 9.10. The molecule has 0 aliphatic heterocycles. The van der Waals surface area contributed by atoms with Crippen LogP contribution in [0.4, 0.5) is 15.8 Å². The fourth-order valence-corrected chi connectivity index (χ4v) is 2.29. The Labute approximate surface area is 129 Å². The van der Waals surface area contributed by atoms with Crippen molar-refractivity contribution in [1.82, 2.24) is 0 Å². The molecule has 0 saturated heterocycles. The van der Waals surface area contributed by atoms with E-state index in [1.165, 1.54) is 0 Å². The predicted molar refractivity (Wildman–Crippen MR) is 80.9 cm³/mol. The Morgan fingerprint density at radius 2 is 2.29 bits per heavy atom. The van der Waals surface area contributed by atoms with Gasteiger partial charge >= 0.3 is 0 Å². The quantitative estimate of drug-likeness (QED) is 0.610. The molecule has 0 amide bonds. The van der Waals surface area contributed by atoms with Crippen LogP contribution in [-0.2, 0) is 6.42 Å². The zero-order valence-corrected chi connectivity index (χ0v) is 12.9. The normalized spacial score (nSPS) is 12.1. The summed E-state index contributed by atoms with van der Waals surface area (Å²) in [6, 6.07) is 5.91. The van der Waals surface area contributed by atoms with Crippen LogP contribution >= 0.6 is 15.9 Å². The monoisotopic (exact) mass is 356 g/mol. The predicted octanol–water partition coefficient (Wildman–Crippen LogP) is 4.52. The van der Waals surface area contributed by atoms with Crippen LogP contribution in [0.1, 0.15) is 19.1 Å². The lowest BCUT2D eigenvalue weighted by Gasteiger charge is -2.15. The van der Waals surface area contributed by atoms with Crippen molar-refractivity contribution in [3.05, 3.63) is 56.7 Å². The molecule has 1 atom stereocenters. The molecule has 0 radical (unpaired) electrons. The number of nitrogens with zero attached hydrogens (tertiary/aromatic N) is 1. The van der Waals surface area contributed by atoms with E-state index in [-0.39, 0.29) is 21.9 Å². The Bertz CT molecular complexity index is 631. The molecule has 7 heteroatoms. The number of anilines is 1. The third-order valence-corrected chi connectivity index (χ3v) is 3.65. The van der Waals surface area contributed by atoms with E-state index >= 15 is 0 Å². The van der Waals surface area contributed by atoms with Crippen molar-refractivity contribution < 1.29 is 13.7 Å². The summed E-state index contributed by atoms with van der Waals surface area (Å²) in [5.74, 6) is 0.307. The van der Waals surface area contributed by atoms with Crippen molar-refractivity contribution in [2.24, 2.45) is 0 Å². The highest BCUT2D eigenvalue weighted by Gasteiger charge is 2.19. The minimum absolute atomic E-state index is 0.0608. The smallest absolute Gasteiger partial charge is 0.293 e. The van der Waals surface area contributed by atoms with Gasteiger partial charge in [-0.2, -0.15) is 0 Å². The van der Waals surface area contributed by atoms with Gasteiger partial charge in [0, 0.05) is 24.6 Å². The van der Waals surface area contributed by atoms with E-state index in [1.54, 1.807) is 6.26 Å². The fraction of sp³-hybridized carbons (Fsp3) is 0.286. The van der Waals surface area contributed by atoms with Gasteiger partial charge in [0.25, 0.3) is 5.69 Å². The maximum absolute atomic E-state index is 13.6. The lowest BCUT2D eigenvalue weighted by Crippen LogP contribution is -2.17. The summed E-state index contributed by atoms with van der Waals surface area (Å²) in [7, 11) is 0. The van der Waals surface area contributed by atoms with Crippen molar-refractivity contribution in [3.8, 4) is 0 Å². The molecular formula is C14H14BrFN2O3. The van der Waals surface area contributed by atoms with Gasteiger partial charge in [0.2, 0.25) is 0 Å². The maximum atomic E-state index is 13.6. The van der Waals surface area contributed by atoms with Crippen LogP contribution in [0.2, 0.25) is 0 Å². The second-order valence-corrected chi connectivity index (χ2v) is 5.56. The molecule has 0 spiro atoms. The number of nitro benzene ring substituents is 1. The molecule has 112 valence electrons. The van der Waals surface area contributed by atoms with Crippen LogP contribution < -0.4 is 5.32 Å². The van der Waals surface area contributed by atoms with E-state index in [0.29, 0.717) is 12.8 Å². The molecule has 0 bridgehead atoms. The molecule has 0 fully saturated rings. The van der Waals surface area contributed by atoms with E-state index in [2.05, 4.69) is 21.2 Å². The van der Waals surface area contributed by atoms with Crippen LogP contribution in [0, 0.1) is 15.9 Å². The SMILES string of the molecule is CC(CCc1ccco1)Nc1cc(F)c(Br)cc1[N+](=O)[O-]. The average molecular weight is 357 g/mol. The van der Waals surface area contributed by atoms with Crippen molar-refractivity contribution in [1.29, 1.82) is 0 Å². The van der Waals surface area contributed by atoms with Gasteiger partial charge in [0.05, 0.1) is 15.7 Å². The molecule has 1 aromatic heterocycles. The van der Waals surface area contributed by atoms with Crippen LogP contribution in [0.5, 0.6) is 0 Å². The Morgan fingerprint density at radius 1 is 1.52 bits per heavy atom. The third-order valence-electron chi connectivity index (χ3n) is 3.04. The lowest BCUT2D eigenvalue weighted by atomic mass is 10.1. The average Bonchev–Trinajstić information content (AvgIpc) is 2.93. The van der Waals surface area contributed by atoms with Gasteiger partial charge in [-0.1, -0.05) is 0 Å². The van der Waals surface area contributed by atoms with Gasteiger partial charge in [-0.3, -0.25) is 10.1 Å². The van der Waals surface area contributed by atoms with Gasteiger partial charge < -0.3 is 9.73 Å². The van der Waals surface area contributed by atoms with E-state index in [0.717, 1.165) is 17.9 Å². The molecule has 0 aliphatic rings. The third kappa shape index (κ3) is 4.04. The van der Waals surface area contributed by atoms with Crippen molar-refractivity contribution in [3.63, 3.8) is 0 Å². The first-order valence-corrected chi connectivity index (χ1v) is 7.19. The molecule has 0 saturated carbocycles. The summed E-state index contributed by atoms with van der Waals surface area (Å²) in [5.41, 5.74) is 0.0146. The topological polar surface area (TPSA) is 68.3 Å². The number of hydrogen-bond acceptors (Lipinski definition) is 4. The number of hydrogen-bond donors (Lipinski definition) is 1. The Hall–Kier alpha value is -1.89. The number of benzene rings is 1. The van der Waals surface area contributed by atoms with Crippen LogP contribution in [0.15, 0.2) is 39.4 Å². The number of nitro groups is 1. The summed E-state index contributed by atoms with van der Waals surface area (Å²) in [4.78, 5) is 10.5. The minimum atomic E-state index is -0.540. The molecule has 1 aromatic carbocycles. The largest absolute Gasteiger partial charge is 0.469 e. The van der Waals surface area contributed by atoms with Crippen LogP contribution in [-0.4, -0.2) is 11.0 Å². The number of aryl methyl sites for hydroxylation is 1. The molecule has 5 nitrogen and oxygen atoms in total. The zero-order valence-electron chi connectivity index (χ0n) is 11.3. The Balaban J connectivity index is 2.07. The number of furan rings is 1. The van der Waals surface area contributed by atoms with Gasteiger partial charge in [0.1, 0.15) is 17.3 Å². The summed E-state index contributed by atoms with van der Waals surface area (Å²) >= 11 is 2.95. The standard InChI is InChI=1S/C14H14BrFN2O3/c1-9(4-5-10-3-2-6-21-10)17-13-8-12(16)11(15)7-14(13)18(19)20/h2-3,6-9,17H,4-5H2,1H3. The molecule has 2 aromatic rings. The second-order valence-electron chi connectivity index (χ2n) is 4.70. The fourth-order valence-electron chi connectivity index (χ4n) is 1.95. The van der Waals surface area contributed by atoms with E-state index in [1.807, 2.05) is 19.1 Å². The van der Waals surface area contributed by atoms with Crippen molar-refractivity contribution in [2.75, 3.05) is 5.32 Å². The molecule has 0 aliphatic carbocycles. The highest BCUT2D eigenvalue weighted by Crippen LogP contribution is 2.31. The van der Waals surface area contributed by atoms with E-state index in [9.17, 15) is 14.5 Å². The number of rotatable bonds is 6. The molecule has 2 rings (SSSR count).